The van der Waals surface area contributed by atoms with E-state index in [1.807, 2.05) is 6.07 Å². The highest BCUT2D eigenvalue weighted by Gasteiger charge is 2.38. The number of hydrogen-bond acceptors (Lipinski definition) is 4. The Balaban J connectivity index is 1.88. The molecule has 2 aromatic carbocycles. The average Bonchev–Trinajstić information content (AvgIpc) is 2.58. The van der Waals surface area contributed by atoms with Crippen LogP contribution in [0.15, 0.2) is 53.5 Å². The fraction of sp³-hybridized carbons (Fsp3) is 0.0588. The monoisotopic (exact) mass is 391 g/mol. The van der Waals surface area contributed by atoms with E-state index in [2.05, 4.69) is 10.3 Å². The van der Waals surface area contributed by atoms with Crippen molar-refractivity contribution in [2.75, 3.05) is 4.90 Å². The summed E-state index contributed by atoms with van der Waals surface area (Å²) in [6, 6.07) is 13.6. The molecule has 0 radical (unpaired) electrons. The lowest BCUT2D eigenvalue weighted by Crippen LogP contribution is -2.58. The van der Waals surface area contributed by atoms with Gasteiger partial charge in [-0.1, -0.05) is 41.4 Å². The summed E-state index contributed by atoms with van der Waals surface area (Å²) in [5.74, 6) is -2.09. The number of carbonyl (C=O) groups excluding carboxylic acids is 2. The molecule has 0 spiro atoms. The molecule has 8 heteroatoms. The second-order valence-corrected chi connectivity index (χ2v) is 6.36. The maximum absolute atomic E-state index is 12.7. The predicted octanol–water partition coefficient (Wildman–Crippen LogP) is 3.76. The van der Waals surface area contributed by atoms with Crippen molar-refractivity contribution in [1.82, 2.24) is 5.32 Å². The van der Waals surface area contributed by atoms with Crippen molar-refractivity contribution >= 4 is 69.9 Å². The SMILES string of the molecule is O=C1NC(=S)N(c2ccccc2)C(=O)[C@H]1C=Nc1ccc(Cl)c(Cl)c1. The maximum atomic E-state index is 12.7. The number of hydrogen-bond donors (Lipinski definition) is 1. The third-order valence-corrected chi connectivity index (χ3v) is 4.52. The van der Waals surface area contributed by atoms with Crippen molar-refractivity contribution in [1.29, 1.82) is 0 Å². The summed E-state index contributed by atoms with van der Waals surface area (Å²) in [7, 11) is 0. The van der Waals surface area contributed by atoms with Crippen LogP contribution in [0.25, 0.3) is 0 Å². The van der Waals surface area contributed by atoms with Gasteiger partial charge in [0.15, 0.2) is 11.0 Å². The topological polar surface area (TPSA) is 61.8 Å². The third kappa shape index (κ3) is 3.71. The third-order valence-electron chi connectivity index (χ3n) is 3.49. The van der Waals surface area contributed by atoms with Crippen LogP contribution in [-0.4, -0.2) is 23.1 Å². The van der Waals surface area contributed by atoms with E-state index in [0.29, 0.717) is 21.4 Å². The Morgan fingerprint density at radius 2 is 1.80 bits per heavy atom. The van der Waals surface area contributed by atoms with Crippen molar-refractivity contribution < 1.29 is 9.59 Å². The molecule has 126 valence electrons. The Morgan fingerprint density at radius 1 is 1.08 bits per heavy atom. The first-order valence-corrected chi connectivity index (χ1v) is 8.37. The summed E-state index contributed by atoms with van der Waals surface area (Å²) in [6.45, 7) is 0. The van der Waals surface area contributed by atoms with E-state index in [1.165, 1.54) is 11.1 Å². The average molecular weight is 392 g/mol. The van der Waals surface area contributed by atoms with Crippen LogP contribution >= 0.6 is 35.4 Å². The molecule has 1 saturated heterocycles. The number of nitrogens with zero attached hydrogens (tertiary/aromatic N) is 2. The lowest BCUT2D eigenvalue weighted by atomic mass is 10.1. The molecule has 0 aromatic heterocycles. The fourth-order valence-corrected chi connectivity index (χ4v) is 2.86. The van der Waals surface area contributed by atoms with E-state index >= 15 is 0 Å². The first kappa shape index (κ1) is 17.5. The van der Waals surface area contributed by atoms with Gasteiger partial charge in [-0.05, 0) is 42.5 Å². The summed E-state index contributed by atoms with van der Waals surface area (Å²) in [5.41, 5.74) is 1.06. The molecule has 1 aliphatic rings. The lowest BCUT2D eigenvalue weighted by Gasteiger charge is -2.30. The maximum Gasteiger partial charge on any atom is 0.251 e. The Kier molecular flexibility index (Phi) is 5.13. The summed E-state index contributed by atoms with van der Waals surface area (Å²) in [5, 5.41) is 3.30. The molecule has 1 N–H and O–H groups in total. The molecule has 2 aromatic rings. The highest BCUT2D eigenvalue weighted by atomic mass is 35.5. The number of thiocarbonyl (C=S) groups is 1. The van der Waals surface area contributed by atoms with Gasteiger partial charge in [0.05, 0.1) is 21.4 Å². The van der Waals surface area contributed by atoms with Gasteiger partial charge in [-0.25, -0.2) is 0 Å². The molecule has 3 rings (SSSR count). The van der Waals surface area contributed by atoms with Crippen molar-refractivity contribution in [2.24, 2.45) is 10.9 Å². The Hall–Kier alpha value is -2.28. The van der Waals surface area contributed by atoms with Crippen molar-refractivity contribution in [3.05, 3.63) is 58.6 Å². The van der Waals surface area contributed by atoms with Crippen LogP contribution in [0.5, 0.6) is 0 Å². The van der Waals surface area contributed by atoms with E-state index < -0.39 is 17.7 Å². The summed E-state index contributed by atoms with van der Waals surface area (Å²) >= 11 is 16.9. The molecule has 0 saturated carbocycles. The van der Waals surface area contributed by atoms with Gasteiger partial charge in [-0.3, -0.25) is 19.5 Å². The van der Waals surface area contributed by atoms with Crippen molar-refractivity contribution in [3.8, 4) is 0 Å². The first-order chi connectivity index (χ1) is 12.0. The molecule has 0 aliphatic carbocycles. The molecular weight excluding hydrogens is 381 g/mol. The van der Waals surface area contributed by atoms with Gasteiger partial charge < -0.3 is 5.32 Å². The molecule has 1 atom stereocenters. The van der Waals surface area contributed by atoms with Gasteiger partial charge in [-0.2, -0.15) is 0 Å². The second-order valence-electron chi connectivity index (χ2n) is 5.16. The van der Waals surface area contributed by atoms with Gasteiger partial charge in [0.2, 0.25) is 5.91 Å². The van der Waals surface area contributed by atoms with E-state index in [9.17, 15) is 9.59 Å². The normalized spacial score (nSPS) is 17.9. The minimum Gasteiger partial charge on any atom is -0.301 e. The molecule has 1 heterocycles. The molecule has 2 amide bonds. The zero-order valence-electron chi connectivity index (χ0n) is 12.6. The molecule has 1 aliphatic heterocycles. The number of carbonyl (C=O) groups is 2. The molecule has 0 unspecified atom stereocenters. The second kappa shape index (κ2) is 7.31. The van der Waals surface area contributed by atoms with Crippen LogP contribution in [0, 0.1) is 5.92 Å². The van der Waals surface area contributed by atoms with Gasteiger partial charge >= 0.3 is 0 Å². The zero-order valence-corrected chi connectivity index (χ0v) is 15.0. The molecule has 25 heavy (non-hydrogen) atoms. The van der Waals surface area contributed by atoms with Crippen LogP contribution in [0.1, 0.15) is 0 Å². The first-order valence-electron chi connectivity index (χ1n) is 7.20. The summed E-state index contributed by atoms with van der Waals surface area (Å²) in [4.78, 5) is 30.3. The number of rotatable bonds is 3. The van der Waals surface area contributed by atoms with Crippen LogP contribution in [0.4, 0.5) is 11.4 Å². The molecular formula is C17H11Cl2N3O2S. The molecule has 1 fully saturated rings. The van der Waals surface area contributed by atoms with Gasteiger partial charge in [0.1, 0.15) is 0 Å². The molecule has 0 bridgehead atoms. The number of nitrogens with one attached hydrogen (secondary N) is 1. The number of anilines is 1. The van der Waals surface area contributed by atoms with Gasteiger partial charge in [-0.15, -0.1) is 0 Å². The van der Waals surface area contributed by atoms with E-state index in [1.54, 1.807) is 42.5 Å². The number of benzene rings is 2. The number of aliphatic imine (C=N–C) groups is 1. The van der Waals surface area contributed by atoms with Crippen LogP contribution < -0.4 is 10.2 Å². The quantitative estimate of drug-likeness (QED) is 0.492. The minimum absolute atomic E-state index is 0.0420. The summed E-state index contributed by atoms with van der Waals surface area (Å²) < 4.78 is 0. The van der Waals surface area contributed by atoms with E-state index in [0.717, 1.165) is 0 Å². The van der Waals surface area contributed by atoms with Gasteiger partial charge in [0, 0.05) is 6.21 Å². The number of halogens is 2. The largest absolute Gasteiger partial charge is 0.301 e. The number of para-hydroxylation sites is 1. The van der Waals surface area contributed by atoms with Gasteiger partial charge in [0.25, 0.3) is 5.91 Å². The van der Waals surface area contributed by atoms with Crippen LogP contribution in [0.2, 0.25) is 10.0 Å². The predicted molar refractivity (Wildman–Crippen MR) is 103 cm³/mol. The standard InChI is InChI=1S/C17H11Cl2N3O2S/c18-13-7-6-10(8-14(13)19)20-9-12-15(23)21-17(25)22(16(12)24)11-4-2-1-3-5-11/h1-9,12H,(H,21,23,25)/t12-/m0/s1. The molecule has 5 nitrogen and oxygen atoms in total. The Labute approximate surface area is 159 Å². The smallest absolute Gasteiger partial charge is 0.251 e. The van der Waals surface area contributed by atoms with Crippen LogP contribution in [-0.2, 0) is 9.59 Å². The van der Waals surface area contributed by atoms with Crippen molar-refractivity contribution in [2.45, 2.75) is 0 Å². The lowest BCUT2D eigenvalue weighted by molar-refractivity contribution is -0.130. The van der Waals surface area contributed by atoms with E-state index in [4.69, 9.17) is 35.4 Å². The van der Waals surface area contributed by atoms with Crippen LogP contribution in [0.3, 0.4) is 0 Å². The fourth-order valence-electron chi connectivity index (χ4n) is 2.27. The highest BCUT2D eigenvalue weighted by molar-refractivity contribution is 7.80. The Bertz CT molecular complexity index is 887. The highest BCUT2D eigenvalue weighted by Crippen LogP contribution is 2.27. The van der Waals surface area contributed by atoms with Crippen molar-refractivity contribution in [3.63, 3.8) is 0 Å². The Morgan fingerprint density at radius 3 is 2.48 bits per heavy atom. The minimum atomic E-state index is -1.10. The number of amides is 2. The van der Waals surface area contributed by atoms with E-state index in [-0.39, 0.29) is 5.11 Å². The zero-order chi connectivity index (χ0) is 18.0. The summed E-state index contributed by atoms with van der Waals surface area (Å²) in [6.07, 6.45) is 1.27.